The van der Waals surface area contributed by atoms with Crippen molar-refractivity contribution in [2.45, 2.75) is 26.9 Å². The van der Waals surface area contributed by atoms with Crippen LogP contribution in [0.15, 0.2) is 47.7 Å². The van der Waals surface area contributed by atoms with Crippen molar-refractivity contribution in [1.29, 1.82) is 0 Å². The molecule has 224 valence electrons. The molecule has 1 unspecified atom stereocenters. The minimum absolute atomic E-state index is 0.0414. The molecule has 3 N–H and O–H groups in total. The molecular weight excluding hydrogens is 532 g/mol. The van der Waals surface area contributed by atoms with Crippen LogP contribution in [0.2, 0.25) is 0 Å². The predicted octanol–water partition coefficient (Wildman–Crippen LogP) is 2.39. The maximum atomic E-state index is 11.6. The number of ketones is 1. The van der Waals surface area contributed by atoms with Gasteiger partial charge >= 0.3 is 11.9 Å². The lowest BCUT2D eigenvalue weighted by Crippen LogP contribution is -2.23. The number of Topliss-reactive ketones (excluding diaryl/α,β-unsaturated/α-hetero) is 1. The molecule has 0 amide bonds. The van der Waals surface area contributed by atoms with E-state index in [2.05, 4.69) is 42.1 Å². The molecule has 2 aliphatic heterocycles. The van der Waals surface area contributed by atoms with Gasteiger partial charge in [-0.1, -0.05) is 24.3 Å². The van der Waals surface area contributed by atoms with Gasteiger partial charge in [0.2, 0.25) is 0 Å². The lowest BCUT2D eigenvalue weighted by molar-refractivity contribution is -0.147. The first kappa shape index (κ1) is 33.3. The first-order valence-electron chi connectivity index (χ1n) is 13.0. The quantitative estimate of drug-likeness (QED) is 0.355. The predicted molar refractivity (Wildman–Crippen MR) is 151 cm³/mol. The standard InChI is InChI=1S/C15H19NO5.C9H13N.C6H8O4/c1-18-13-5-4-10(6-14(13)19-2)7-16-12-9-21-8-11(12)15(17)20-3;1-7-3-4-9(6-10)5-8(7)2;1-9-6(8)4-2-10-3-5(4)7/h4-6,16H,7-9H2,1-3H3;3-5H,6,10H2,1-2H3;4H,2-3H2,1H3. The number of hydrogen-bond acceptors (Lipinski definition) is 11. The molecule has 2 aliphatic rings. The second-order valence-electron chi connectivity index (χ2n) is 9.16. The number of aryl methyl sites for hydroxylation is 2. The molecule has 0 aliphatic carbocycles. The van der Waals surface area contributed by atoms with Gasteiger partial charge in [-0.3, -0.25) is 9.59 Å². The number of rotatable bonds is 8. The Balaban J connectivity index is 0.000000244. The third-order valence-corrected chi connectivity index (χ3v) is 6.45. The van der Waals surface area contributed by atoms with E-state index in [1.54, 1.807) is 14.2 Å². The number of carbonyl (C=O) groups excluding carboxylic acids is 3. The number of carbonyl (C=O) groups is 3. The fourth-order valence-electron chi connectivity index (χ4n) is 3.83. The summed E-state index contributed by atoms with van der Waals surface area (Å²) in [7, 11) is 5.81. The Hall–Kier alpha value is -3.93. The second-order valence-corrected chi connectivity index (χ2v) is 9.16. The molecule has 0 saturated carbocycles. The van der Waals surface area contributed by atoms with Gasteiger partial charge < -0.3 is 39.5 Å². The van der Waals surface area contributed by atoms with E-state index in [4.69, 9.17) is 29.4 Å². The molecule has 4 rings (SSSR count). The summed E-state index contributed by atoms with van der Waals surface area (Å²) in [6.07, 6.45) is 0. The van der Waals surface area contributed by atoms with Crippen molar-refractivity contribution in [3.8, 4) is 11.5 Å². The molecule has 2 heterocycles. The van der Waals surface area contributed by atoms with Crippen LogP contribution < -0.4 is 20.5 Å². The van der Waals surface area contributed by atoms with Crippen molar-refractivity contribution in [2.75, 3.05) is 54.9 Å². The molecule has 2 aromatic rings. The zero-order chi connectivity index (χ0) is 30.4. The summed E-state index contributed by atoms with van der Waals surface area (Å²) >= 11 is 0. The van der Waals surface area contributed by atoms with E-state index in [0.717, 1.165) is 11.3 Å². The largest absolute Gasteiger partial charge is 0.493 e. The normalized spacial score (nSPS) is 15.7. The fourth-order valence-corrected chi connectivity index (χ4v) is 3.83. The van der Waals surface area contributed by atoms with Gasteiger partial charge in [0.05, 0.1) is 59.5 Å². The average molecular weight is 573 g/mol. The second kappa shape index (κ2) is 17.0. The van der Waals surface area contributed by atoms with Crippen LogP contribution in [-0.2, 0) is 46.4 Å². The highest BCUT2D eigenvalue weighted by Crippen LogP contribution is 2.27. The number of nitrogens with one attached hydrogen (secondary N) is 1. The van der Waals surface area contributed by atoms with Crippen LogP contribution in [0.3, 0.4) is 0 Å². The van der Waals surface area contributed by atoms with Crippen molar-refractivity contribution in [3.63, 3.8) is 0 Å². The highest BCUT2D eigenvalue weighted by Gasteiger charge is 2.32. The Morgan fingerprint density at radius 2 is 1.59 bits per heavy atom. The Labute approximate surface area is 240 Å². The van der Waals surface area contributed by atoms with Crippen molar-refractivity contribution >= 4 is 17.7 Å². The lowest BCUT2D eigenvalue weighted by atomic mass is 10.1. The number of nitrogens with two attached hydrogens (primary N) is 1. The average Bonchev–Trinajstić information content (AvgIpc) is 3.66. The molecular formula is C30H40N2O9. The molecule has 0 radical (unpaired) electrons. The summed E-state index contributed by atoms with van der Waals surface area (Å²) in [5.41, 5.74) is 11.6. The van der Waals surface area contributed by atoms with E-state index in [-0.39, 0.29) is 31.6 Å². The molecule has 0 bridgehead atoms. The van der Waals surface area contributed by atoms with Gasteiger partial charge in [0.25, 0.3) is 0 Å². The smallest absolute Gasteiger partial charge is 0.337 e. The maximum Gasteiger partial charge on any atom is 0.337 e. The van der Waals surface area contributed by atoms with Gasteiger partial charge in [-0.05, 0) is 48.2 Å². The van der Waals surface area contributed by atoms with Crippen LogP contribution in [0.1, 0.15) is 22.3 Å². The lowest BCUT2D eigenvalue weighted by Gasteiger charge is -2.11. The first-order valence-corrected chi connectivity index (χ1v) is 13.0. The highest BCUT2D eigenvalue weighted by molar-refractivity contribution is 6.00. The van der Waals surface area contributed by atoms with Crippen LogP contribution in [0.5, 0.6) is 11.5 Å². The van der Waals surface area contributed by atoms with E-state index in [9.17, 15) is 14.4 Å². The van der Waals surface area contributed by atoms with Crippen molar-refractivity contribution in [3.05, 3.63) is 69.9 Å². The van der Waals surface area contributed by atoms with E-state index in [1.165, 1.54) is 30.9 Å². The zero-order valence-corrected chi connectivity index (χ0v) is 24.5. The molecule has 41 heavy (non-hydrogen) atoms. The summed E-state index contributed by atoms with van der Waals surface area (Å²) < 4.78 is 29.6. The van der Waals surface area contributed by atoms with Crippen LogP contribution in [0.25, 0.3) is 0 Å². The highest BCUT2D eigenvalue weighted by atomic mass is 16.5. The molecule has 1 saturated heterocycles. The van der Waals surface area contributed by atoms with Crippen molar-refractivity contribution in [1.82, 2.24) is 5.32 Å². The zero-order valence-electron chi connectivity index (χ0n) is 24.5. The van der Waals surface area contributed by atoms with Gasteiger partial charge in [0.15, 0.2) is 17.3 Å². The van der Waals surface area contributed by atoms with E-state index >= 15 is 0 Å². The third kappa shape index (κ3) is 9.89. The van der Waals surface area contributed by atoms with Gasteiger partial charge in [-0.25, -0.2) is 4.79 Å². The molecule has 2 aromatic carbocycles. The Morgan fingerprint density at radius 3 is 2.15 bits per heavy atom. The summed E-state index contributed by atoms with van der Waals surface area (Å²) in [5.74, 6) is -0.372. The fraction of sp³-hybridized carbons (Fsp3) is 0.433. The number of methoxy groups -OCH3 is 4. The monoisotopic (exact) mass is 572 g/mol. The molecule has 0 aromatic heterocycles. The molecule has 1 atom stereocenters. The van der Waals surface area contributed by atoms with Crippen LogP contribution in [0, 0.1) is 19.8 Å². The van der Waals surface area contributed by atoms with Gasteiger partial charge in [-0.15, -0.1) is 0 Å². The van der Waals surface area contributed by atoms with Gasteiger partial charge in [0.1, 0.15) is 12.5 Å². The van der Waals surface area contributed by atoms with Crippen LogP contribution >= 0.6 is 0 Å². The Kier molecular flexibility index (Phi) is 13.8. The maximum absolute atomic E-state index is 11.6. The molecule has 11 heteroatoms. The third-order valence-electron chi connectivity index (χ3n) is 6.45. The summed E-state index contributed by atoms with van der Waals surface area (Å²) in [6, 6.07) is 12.0. The van der Waals surface area contributed by atoms with Crippen LogP contribution in [-0.4, -0.2) is 72.6 Å². The van der Waals surface area contributed by atoms with E-state index in [1.807, 2.05) is 18.2 Å². The number of esters is 2. The van der Waals surface area contributed by atoms with Crippen LogP contribution in [0.4, 0.5) is 0 Å². The Morgan fingerprint density at radius 1 is 0.878 bits per heavy atom. The summed E-state index contributed by atoms with van der Waals surface area (Å²) in [6.45, 7) is 6.29. The molecule has 0 spiro atoms. The molecule has 11 nitrogen and oxygen atoms in total. The summed E-state index contributed by atoms with van der Waals surface area (Å²) in [4.78, 5) is 33.0. The minimum atomic E-state index is -0.676. The van der Waals surface area contributed by atoms with Gasteiger partial charge in [0, 0.05) is 13.1 Å². The number of ether oxygens (including phenoxy) is 6. The van der Waals surface area contributed by atoms with Gasteiger partial charge in [-0.2, -0.15) is 0 Å². The minimum Gasteiger partial charge on any atom is -0.493 e. The van der Waals surface area contributed by atoms with E-state index < -0.39 is 11.9 Å². The topological polar surface area (TPSA) is 145 Å². The van der Waals surface area contributed by atoms with Crippen molar-refractivity contribution in [2.24, 2.45) is 11.7 Å². The summed E-state index contributed by atoms with van der Waals surface area (Å²) in [5, 5.41) is 3.21. The first-order chi connectivity index (χ1) is 19.7. The SMILES string of the molecule is COC(=O)C1=C(NCc2ccc(OC)c(OC)c2)COC1.COC(=O)C1COCC1=O.Cc1ccc(CN)cc1C. The number of hydrogen-bond donors (Lipinski definition) is 2. The molecule has 1 fully saturated rings. The number of benzene rings is 2. The Bertz CT molecular complexity index is 1230. The van der Waals surface area contributed by atoms with E-state index in [0.29, 0.717) is 36.8 Å². The van der Waals surface area contributed by atoms with Crippen molar-refractivity contribution < 1.29 is 42.8 Å².